The first-order valence-electron chi connectivity index (χ1n) is 4.37. The highest BCUT2D eigenvalue weighted by molar-refractivity contribution is 6.18. The molecule has 0 bridgehead atoms. The van der Waals surface area contributed by atoms with Gasteiger partial charge in [0.15, 0.2) is 0 Å². The quantitative estimate of drug-likeness (QED) is 0.317. The number of imide groups is 1. The van der Waals surface area contributed by atoms with Crippen molar-refractivity contribution < 1.29 is 23.9 Å². The van der Waals surface area contributed by atoms with Crippen LogP contribution in [0.1, 0.15) is 13.8 Å². The van der Waals surface area contributed by atoms with Gasteiger partial charge in [-0.15, -0.1) is 0 Å². The van der Waals surface area contributed by atoms with E-state index in [0.29, 0.717) is 0 Å². The summed E-state index contributed by atoms with van der Waals surface area (Å²) < 4.78 is 8.95. The van der Waals surface area contributed by atoms with Gasteiger partial charge >= 0.3 is 12.1 Å². The Morgan fingerprint density at radius 2 is 1.67 bits per heavy atom. The summed E-state index contributed by atoms with van der Waals surface area (Å²) in [5.74, 6) is -1.79. The second-order valence-corrected chi connectivity index (χ2v) is 2.37. The Balaban J connectivity index is 4.16. The van der Waals surface area contributed by atoms with Crippen LogP contribution in [-0.2, 0) is 19.1 Å². The van der Waals surface area contributed by atoms with Gasteiger partial charge in [-0.1, -0.05) is 6.58 Å². The van der Waals surface area contributed by atoms with Crippen LogP contribution in [-0.4, -0.2) is 31.2 Å². The maximum absolute atomic E-state index is 11.1. The van der Waals surface area contributed by atoms with Crippen molar-refractivity contribution in [2.45, 2.75) is 13.8 Å². The van der Waals surface area contributed by atoms with Crippen molar-refractivity contribution in [2.24, 2.45) is 0 Å². The Hall–Kier alpha value is -1.85. The molecule has 84 valence electrons. The van der Waals surface area contributed by atoms with Gasteiger partial charge in [0.1, 0.15) is 5.57 Å². The predicted octanol–water partition coefficient (Wildman–Crippen LogP) is 0.378. The summed E-state index contributed by atoms with van der Waals surface area (Å²) in [6.07, 6.45) is -0.923. The predicted molar refractivity (Wildman–Crippen MR) is 50.9 cm³/mol. The normalized spacial score (nSPS) is 8.93. The third-order valence-electron chi connectivity index (χ3n) is 1.29. The van der Waals surface area contributed by atoms with Crippen molar-refractivity contribution in [3.05, 3.63) is 12.2 Å². The summed E-state index contributed by atoms with van der Waals surface area (Å²) in [5.41, 5.74) is -0.440. The SMILES string of the molecule is C=C(C(=O)NC(=O)OCC)C(=O)OCC. The van der Waals surface area contributed by atoms with E-state index < -0.39 is 23.5 Å². The molecule has 0 atom stereocenters. The highest BCUT2D eigenvalue weighted by Crippen LogP contribution is 1.95. The molecule has 0 aromatic rings. The highest BCUT2D eigenvalue weighted by Gasteiger charge is 2.19. The van der Waals surface area contributed by atoms with E-state index in [1.807, 2.05) is 5.32 Å². The summed E-state index contributed by atoms with van der Waals surface area (Å²) in [7, 11) is 0. The molecule has 6 heteroatoms. The maximum atomic E-state index is 11.1. The van der Waals surface area contributed by atoms with E-state index in [1.54, 1.807) is 13.8 Å². The topological polar surface area (TPSA) is 81.7 Å². The minimum atomic E-state index is -0.924. The van der Waals surface area contributed by atoms with Crippen LogP contribution >= 0.6 is 0 Å². The van der Waals surface area contributed by atoms with Crippen LogP contribution in [0.25, 0.3) is 0 Å². The Bertz CT molecular complexity index is 284. The number of nitrogens with one attached hydrogen (secondary N) is 1. The van der Waals surface area contributed by atoms with Crippen molar-refractivity contribution in [3.63, 3.8) is 0 Å². The molecule has 0 fully saturated rings. The van der Waals surface area contributed by atoms with Crippen molar-refractivity contribution in [1.82, 2.24) is 5.32 Å². The van der Waals surface area contributed by atoms with Crippen LogP contribution in [0.2, 0.25) is 0 Å². The average Bonchev–Trinajstić information content (AvgIpc) is 2.17. The number of esters is 1. The fourth-order valence-electron chi connectivity index (χ4n) is 0.646. The van der Waals surface area contributed by atoms with Crippen LogP contribution in [0, 0.1) is 0 Å². The van der Waals surface area contributed by atoms with Gasteiger partial charge in [-0.25, -0.2) is 9.59 Å². The first kappa shape index (κ1) is 13.2. The molecule has 1 N–H and O–H groups in total. The van der Waals surface area contributed by atoms with E-state index in [2.05, 4.69) is 16.1 Å². The molecule has 0 aliphatic carbocycles. The summed E-state index contributed by atoms with van der Waals surface area (Å²) in [5, 5.41) is 1.82. The van der Waals surface area contributed by atoms with E-state index in [9.17, 15) is 14.4 Å². The number of alkyl carbamates (subject to hydrolysis) is 1. The number of rotatable bonds is 4. The van der Waals surface area contributed by atoms with Crippen molar-refractivity contribution in [2.75, 3.05) is 13.2 Å². The highest BCUT2D eigenvalue weighted by atomic mass is 16.5. The fraction of sp³-hybridized carbons (Fsp3) is 0.444. The first-order chi connectivity index (χ1) is 7.02. The lowest BCUT2D eigenvalue weighted by Crippen LogP contribution is -2.34. The molecule has 0 unspecified atom stereocenters. The summed E-state index contributed by atoms with van der Waals surface area (Å²) >= 11 is 0. The molecule has 2 amide bonds. The van der Waals surface area contributed by atoms with E-state index in [0.717, 1.165) is 0 Å². The smallest absolute Gasteiger partial charge is 0.414 e. The van der Waals surface area contributed by atoms with Crippen molar-refractivity contribution >= 4 is 18.0 Å². The number of ether oxygens (including phenoxy) is 2. The molecule has 0 rings (SSSR count). The zero-order valence-electron chi connectivity index (χ0n) is 8.66. The molecule has 0 radical (unpaired) electrons. The molecule has 0 aromatic heterocycles. The molecular formula is C9H13NO5. The molecule has 0 heterocycles. The van der Waals surface area contributed by atoms with Gasteiger partial charge in [0.2, 0.25) is 0 Å². The molecule has 0 saturated carbocycles. The Morgan fingerprint density at radius 1 is 1.13 bits per heavy atom. The molecule has 6 nitrogen and oxygen atoms in total. The second kappa shape index (κ2) is 6.58. The van der Waals surface area contributed by atoms with E-state index in [-0.39, 0.29) is 13.2 Å². The summed E-state index contributed by atoms with van der Waals surface area (Å²) in [6.45, 7) is 6.63. The van der Waals surface area contributed by atoms with Gasteiger partial charge in [0.05, 0.1) is 13.2 Å². The number of hydrogen-bond donors (Lipinski definition) is 1. The standard InChI is InChI=1S/C9H13NO5/c1-4-14-8(12)6(3)7(11)10-9(13)15-5-2/h3-5H2,1-2H3,(H,10,11,13). The second-order valence-electron chi connectivity index (χ2n) is 2.37. The molecule has 0 aliphatic heterocycles. The molecule has 0 spiro atoms. The van der Waals surface area contributed by atoms with Crippen LogP contribution in [0.15, 0.2) is 12.2 Å². The largest absolute Gasteiger partial charge is 0.462 e. The van der Waals surface area contributed by atoms with Gasteiger partial charge in [0.25, 0.3) is 5.91 Å². The minimum absolute atomic E-state index is 0.130. The van der Waals surface area contributed by atoms with Crippen LogP contribution < -0.4 is 5.32 Å². The zero-order chi connectivity index (χ0) is 11.8. The maximum Gasteiger partial charge on any atom is 0.414 e. The minimum Gasteiger partial charge on any atom is -0.462 e. The van der Waals surface area contributed by atoms with Crippen LogP contribution in [0.4, 0.5) is 4.79 Å². The number of amides is 2. The van der Waals surface area contributed by atoms with Gasteiger partial charge in [-0.05, 0) is 13.8 Å². The van der Waals surface area contributed by atoms with Crippen molar-refractivity contribution in [1.29, 1.82) is 0 Å². The summed E-state index contributed by atoms with van der Waals surface area (Å²) in [6, 6.07) is 0. The van der Waals surface area contributed by atoms with E-state index in [4.69, 9.17) is 0 Å². The molecule has 0 saturated heterocycles. The van der Waals surface area contributed by atoms with Crippen LogP contribution in [0.3, 0.4) is 0 Å². The van der Waals surface area contributed by atoms with Gasteiger partial charge in [-0.2, -0.15) is 0 Å². The van der Waals surface area contributed by atoms with Crippen LogP contribution in [0.5, 0.6) is 0 Å². The van der Waals surface area contributed by atoms with Crippen molar-refractivity contribution in [3.8, 4) is 0 Å². The Labute approximate surface area is 87.2 Å². The number of carbonyl (C=O) groups excluding carboxylic acids is 3. The lowest BCUT2D eigenvalue weighted by atomic mass is 10.3. The molecular weight excluding hydrogens is 202 g/mol. The fourth-order valence-corrected chi connectivity index (χ4v) is 0.646. The Kier molecular flexibility index (Phi) is 5.77. The third-order valence-corrected chi connectivity index (χ3v) is 1.29. The number of carbonyl (C=O) groups is 3. The Morgan fingerprint density at radius 3 is 2.13 bits per heavy atom. The lowest BCUT2D eigenvalue weighted by Gasteiger charge is -2.05. The number of hydrogen-bond acceptors (Lipinski definition) is 5. The molecule has 0 aliphatic rings. The zero-order valence-corrected chi connectivity index (χ0v) is 8.66. The first-order valence-corrected chi connectivity index (χ1v) is 4.37. The summed E-state index contributed by atoms with van der Waals surface area (Å²) in [4.78, 5) is 32.9. The molecule has 0 aromatic carbocycles. The monoisotopic (exact) mass is 215 g/mol. The van der Waals surface area contributed by atoms with Gasteiger partial charge in [-0.3, -0.25) is 10.1 Å². The van der Waals surface area contributed by atoms with Gasteiger partial charge < -0.3 is 9.47 Å². The van der Waals surface area contributed by atoms with E-state index in [1.165, 1.54) is 0 Å². The lowest BCUT2D eigenvalue weighted by molar-refractivity contribution is -0.140. The molecule has 15 heavy (non-hydrogen) atoms. The van der Waals surface area contributed by atoms with Gasteiger partial charge in [0, 0.05) is 0 Å². The average molecular weight is 215 g/mol. The third kappa shape index (κ3) is 4.80. The van der Waals surface area contributed by atoms with E-state index >= 15 is 0 Å².